The fourth-order valence-corrected chi connectivity index (χ4v) is 2.90. The van der Waals surface area contributed by atoms with E-state index in [1.165, 1.54) is 5.56 Å². The van der Waals surface area contributed by atoms with Crippen LogP contribution in [0.3, 0.4) is 0 Å². The molecule has 1 aliphatic rings. The molecule has 0 spiro atoms. The van der Waals surface area contributed by atoms with Gasteiger partial charge in [-0.15, -0.1) is 0 Å². The highest BCUT2D eigenvalue weighted by Crippen LogP contribution is 2.35. The minimum absolute atomic E-state index is 0.179. The van der Waals surface area contributed by atoms with Crippen LogP contribution in [0.1, 0.15) is 38.8 Å². The van der Waals surface area contributed by atoms with Crippen LogP contribution in [-0.2, 0) is 17.7 Å². The van der Waals surface area contributed by atoms with Crippen molar-refractivity contribution in [3.63, 3.8) is 0 Å². The standard InChI is InChI=1S/C19H31N3O3/c1-6-20-19(22-13(3)12-23-5)21-11-16-10-18-15(8-14(4)25-18)9-17(16)24-7-2/h9-10,13-14H,6-8,11-12H2,1-5H3,(H2,20,21,22). The molecule has 140 valence electrons. The molecule has 0 bridgehead atoms. The molecule has 25 heavy (non-hydrogen) atoms. The number of fused-ring (bicyclic) bond motifs is 1. The van der Waals surface area contributed by atoms with Crippen molar-refractivity contribution >= 4 is 5.96 Å². The molecule has 0 amide bonds. The molecule has 2 atom stereocenters. The van der Waals surface area contributed by atoms with Crippen molar-refractivity contribution in [3.8, 4) is 11.5 Å². The second kappa shape index (κ2) is 9.51. The van der Waals surface area contributed by atoms with E-state index < -0.39 is 0 Å². The van der Waals surface area contributed by atoms with E-state index in [2.05, 4.69) is 43.5 Å². The molecule has 0 radical (unpaired) electrons. The Morgan fingerprint density at radius 1 is 1.40 bits per heavy atom. The largest absolute Gasteiger partial charge is 0.494 e. The molecule has 1 heterocycles. The van der Waals surface area contributed by atoms with Crippen molar-refractivity contribution in [2.45, 2.75) is 52.8 Å². The van der Waals surface area contributed by atoms with Crippen molar-refractivity contribution in [1.82, 2.24) is 10.6 Å². The quantitative estimate of drug-likeness (QED) is 0.558. The Labute approximate surface area is 151 Å². The van der Waals surface area contributed by atoms with Crippen molar-refractivity contribution in [2.75, 3.05) is 26.9 Å². The zero-order chi connectivity index (χ0) is 18.2. The molecule has 6 heteroatoms. The monoisotopic (exact) mass is 349 g/mol. The highest BCUT2D eigenvalue weighted by molar-refractivity contribution is 5.80. The first-order chi connectivity index (χ1) is 12.1. The number of aliphatic imine (C=N–C) groups is 1. The van der Waals surface area contributed by atoms with E-state index in [0.717, 1.165) is 36.0 Å². The average Bonchev–Trinajstić information content (AvgIpc) is 2.92. The third kappa shape index (κ3) is 5.53. The number of methoxy groups -OCH3 is 1. The number of benzene rings is 1. The predicted octanol–water partition coefficient (Wildman–Crippen LogP) is 2.50. The van der Waals surface area contributed by atoms with Gasteiger partial charge in [0.2, 0.25) is 0 Å². The number of nitrogens with zero attached hydrogens (tertiary/aromatic N) is 1. The Hall–Kier alpha value is -1.95. The molecule has 1 aliphatic heterocycles. The first-order valence-electron chi connectivity index (χ1n) is 9.06. The van der Waals surface area contributed by atoms with Crippen LogP contribution in [0.2, 0.25) is 0 Å². The Kier molecular flexibility index (Phi) is 7.37. The normalized spacial score (nSPS) is 17.6. The summed E-state index contributed by atoms with van der Waals surface area (Å²) in [7, 11) is 1.70. The van der Waals surface area contributed by atoms with Crippen LogP contribution >= 0.6 is 0 Å². The zero-order valence-electron chi connectivity index (χ0n) is 16.0. The molecule has 6 nitrogen and oxygen atoms in total. The third-order valence-corrected chi connectivity index (χ3v) is 3.93. The van der Waals surface area contributed by atoms with E-state index >= 15 is 0 Å². The molecule has 0 saturated carbocycles. The smallest absolute Gasteiger partial charge is 0.191 e. The van der Waals surface area contributed by atoms with Gasteiger partial charge >= 0.3 is 0 Å². The summed E-state index contributed by atoms with van der Waals surface area (Å²) in [6, 6.07) is 4.34. The lowest BCUT2D eigenvalue weighted by Gasteiger charge is -2.17. The van der Waals surface area contributed by atoms with Gasteiger partial charge in [-0.2, -0.15) is 0 Å². The van der Waals surface area contributed by atoms with Crippen LogP contribution in [0.25, 0.3) is 0 Å². The molecule has 1 aromatic rings. The molecular formula is C19H31N3O3. The van der Waals surface area contributed by atoms with E-state index in [1.54, 1.807) is 7.11 Å². The summed E-state index contributed by atoms with van der Waals surface area (Å²) < 4.78 is 16.9. The van der Waals surface area contributed by atoms with Crippen molar-refractivity contribution in [3.05, 3.63) is 23.3 Å². The Balaban J connectivity index is 2.17. The molecule has 2 unspecified atom stereocenters. The minimum atomic E-state index is 0.179. The van der Waals surface area contributed by atoms with E-state index in [-0.39, 0.29) is 12.1 Å². The number of rotatable bonds is 8. The van der Waals surface area contributed by atoms with Gasteiger partial charge in [-0.1, -0.05) is 0 Å². The number of guanidine groups is 1. The highest BCUT2D eigenvalue weighted by Gasteiger charge is 2.21. The minimum Gasteiger partial charge on any atom is -0.494 e. The molecule has 2 N–H and O–H groups in total. The zero-order valence-corrected chi connectivity index (χ0v) is 16.0. The second-order valence-electron chi connectivity index (χ2n) is 6.33. The lowest BCUT2D eigenvalue weighted by molar-refractivity contribution is 0.179. The van der Waals surface area contributed by atoms with Gasteiger partial charge in [-0.05, 0) is 39.8 Å². The maximum absolute atomic E-state index is 5.88. The Morgan fingerprint density at radius 3 is 2.88 bits per heavy atom. The summed E-state index contributed by atoms with van der Waals surface area (Å²) >= 11 is 0. The van der Waals surface area contributed by atoms with E-state index in [1.807, 2.05) is 6.92 Å². The van der Waals surface area contributed by atoms with E-state index in [0.29, 0.717) is 19.8 Å². The molecule has 1 aromatic carbocycles. The second-order valence-corrected chi connectivity index (χ2v) is 6.33. The van der Waals surface area contributed by atoms with Crippen LogP contribution in [0.4, 0.5) is 0 Å². The summed E-state index contributed by atoms with van der Waals surface area (Å²) in [5.74, 6) is 2.61. The summed E-state index contributed by atoms with van der Waals surface area (Å²) in [4.78, 5) is 4.70. The van der Waals surface area contributed by atoms with Gasteiger partial charge in [-0.25, -0.2) is 4.99 Å². The molecule has 0 aliphatic carbocycles. The Morgan fingerprint density at radius 2 is 2.20 bits per heavy atom. The fourth-order valence-electron chi connectivity index (χ4n) is 2.90. The van der Waals surface area contributed by atoms with Gasteiger partial charge in [0.05, 0.1) is 19.8 Å². The first kappa shape index (κ1) is 19.4. The van der Waals surface area contributed by atoms with Crippen LogP contribution in [0.15, 0.2) is 17.1 Å². The third-order valence-electron chi connectivity index (χ3n) is 3.93. The molecular weight excluding hydrogens is 318 g/mol. The van der Waals surface area contributed by atoms with Gasteiger partial charge in [0.25, 0.3) is 0 Å². The van der Waals surface area contributed by atoms with Crippen LogP contribution < -0.4 is 20.1 Å². The average molecular weight is 349 g/mol. The summed E-state index contributed by atoms with van der Waals surface area (Å²) in [6.07, 6.45) is 1.15. The molecule has 0 aromatic heterocycles. The molecule has 0 saturated heterocycles. The fraction of sp³-hybridized carbons (Fsp3) is 0.632. The van der Waals surface area contributed by atoms with Gasteiger partial charge < -0.3 is 24.8 Å². The van der Waals surface area contributed by atoms with Gasteiger partial charge in [0.15, 0.2) is 5.96 Å². The maximum Gasteiger partial charge on any atom is 0.191 e. The summed E-state index contributed by atoms with van der Waals surface area (Å²) in [5, 5.41) is 6.61. The highest BCUT2D eigenvalue weighted by atomic mass is 16.5. The lowest BCUT2D eigenvalue weighted by Crippen LogP contribution is -2.43. The maximum atomic E-state index is 5.88. The molecule has 0 fully saturated rings. The number of ether oxygens (including phenoxy) is 3. The Bertz CT molecular complexity index is 590. The van der Waals surface area contributed by atoms with Crippen LogP contribution in [0.5, 0.6) is 11.5 Å². The van der Waals surface area contributed by atoms with Crippen LogP contribution in [-0.4, -0.2) is 45.0 Å². The van der Waals surface area contributed by atoms with E-state index in [9.17, 15) is 0 Å². The number of hydrogen-bond acceptors (Lipinski definition) is 4. The SMILES string of the molecule is CCNC(=NCc1cc2c(cc1OCC)CC(C)O2)NC(C)COC. The van der Waals surface area contributed by atoms with Crippen molar-refractivity contribution in [2.24, 2.45) is 4.99 Å². The van der Waals surface area contributed by atoms with Gasteiger partial charge in [0.1, 0.15) is 17.6 Å². The topological polar surface area (TPSA) is 64.1 Å². The van der Waals surface area contributed by atoms with Gasteiger partial charge in [0, 0.05) is 37.2 Å². The summed E-state index contributed by atoms with van der Waals surface area (Å²) in [5.41, 5.74) is 2.24. The number of hydrogen-bond donors (Lipinski definition) is 2. The number of nitrogens with one attached hydrogen (secondary N) is 2. The van der Waals surface area contributed by atoms with Crippen molar-refractivity contribution in [1.29, 1.82) is 0 Å². The van der Waals surface area contributed by atoms with Crippen molar-refractivity contribution < 1.29 is 14.2 Å². The first-order valence-corrected chi connectivity index (χ1v) is 9.06. The lowest BCUT2D eigenvalue weighted by atomic mass is 10.1. The van der Waals surface area contributed by atoms with E-state index in [4.69, 9.17) is 19.2 Å². The van der Waals surface area contributed by atoms with Crippen LogP contribution in [0, 0.1) is 0 Å². The predicted molar refractivity (Wildman–Crippen MR) is 101 cm³/mol. The summed E-state index contributed by atoms with van der Waals surface area (Å²) in [6.45, 7) is 10.8. The molecule has 2 rings (SSSR count). The van der Waals surface area contributed by atoms with Gasteiger partial charge in [-0.3, -0.25) is 0 Å².